The summed E-state index contributed by atoms with van der Waals surface area (Å²) in [6.07, 6.45) is 3.51. The number of halogens is 1. The van der Waals surface area contributed by atoms with Crippen molar-refractivity contribution in [1.82, 2.24) is 0 Å². The summed E-state index contributed by atoms with van der Waals surface area (Å²) in [5.41, 5.74) is 3.55. The molecule has 1 heterocycles. The second-order valence-corrected chi connectivity index (χ2v) is 7.69. The van der Waals surface area contributed by atoms with Crippen molar-refractivity contribution in [3.8, 4) is 0 Å². The number of carbonyl (C=O) groups is 2. The second-order valence-electron chi connectivity index (χ2n) is 7.69. The highest BCUT2D eigenvalue weighted by Gasteiger charge is 2.33. The molecule has 3 nitrogen and oxygen atoms in total. The fourth-order valence-corrected chi connectivity index (χ4v) is 3.86. The van der Waals surface area contributed by atoms with E-state index in [1.807, 2.05) is 18.9 Å². The van der Waals surface area contributed by atoms with Gasteiger partial charge in [0.1, 0.15) is 5.82 Å². The molecule has 4 rings (SSSR count). The number of hydrogen-bond donors (Lipinski definition) is 0. The van der Waals surface area contributed by atoms with E-state index >= 15 is 0 Å². The van der Waals surface area contributed by atoms with Gasteiger partial charge in [0.15, 0.2) is 11.6 Å². The lowest BCUT2D eigenvalue weighted by Gasteiger charge is -2.40. The molecule has 0 N–H and O–H groups in total. The van der Waals surface area contributed by atoms with E-state index in [1.165, 1.54) is 12.1 Å². The van der Waals surface area contributed by atoms with Gasteiger partial charge in [-0.3, -0.25) is 9.59 Å². The van der Waals surface area contributed by atoms with Gasteiger partial charge in [-0.05, 0) is 44.6 Å². The molecule has 0 radical (unpaired) electrons. The first kappa shape index (κ1) is 17.4. The number of nitrogens with zero attached hydrogens (tertiary/aromatic N) is 1. The van der Waals surface area contributed by atoms with Gasteiger partial charge in [-0.2, -0.15) is 0 Å². The van der Waals surface area contributed by atoms with E-state index in [-0.39, 0.29) is 28.2 Å². The monoisotopic (exact) mass is 361 g/mol. The SMILES string of the molecule is CC1=CC(C)(C)N(C)c2cc(F)c(C=C3C(=O)c4ccccc4C3=O)cc21. The van der Waals surface area contributed by atoms with E-state index in [1.54, 1.807) is 30.3 Å². The molecule has 27 heavy (non-hydrogen) atoms. The summed E-state index contributed by atoms with van der Waals surface area (Å²) in [5, 5.41) is 0. The zero-order valence-corrected chi connectivity index (χ0v) is 15.8. The van der Waals surface area contributed by atoms with Crippen molar-refractivity contribution in [2.45, 2.75) is 26.3 Å². The number of Topliss-reactive ketones (excluding diaryl/α,β-unsaturated/α-hetero) is 2. The molecule has 4 heteroatoms. The van der Waals surface area contributed by atoms with Crippen molar-refractivity contribution in [1.29, 1.82) is 0 Å². The third-order valence-corrected chi connectivity index (χ3v) is 5.54. The molecule has 0 unspecified atom stereocenters. The predicted molar refractivity (Wildman–Crippen MR) is 106 cm³/mol. The summed E-state index contributed by atoms with van der Waals surface area (Å²) in [4.78, 5) is 27.2. The molecule has 136 valence electrons. The Labute approximate surface area is 157 Å². The highest BCUT2D eigenvalue weighted by molar-refractivity contribution is 6.41. The van der Waals surface area contributed by atoms with Crippen LogP contribution in [0.15, 0.2) is 48.0 Å². The Kier molecular flexibility index (Phi) is 3.70. The summed E-state index contributed by atoms with van der Waals surface area (Å²) < 4.78 is 14.9. The van der Waals surface area contributed by atoms with Crippen molar-refractivity contribution < 1.29 is 14.0 Å². The Balaban J connectivity index is 1.84. The molecule has 0 atom stereocenters. The largest absolute Gasteiger partial charge is 0.365 e. The Morgan fingerprint density at radius 2 is 1.59 bits per heavy atom. The minimum Gasteiger partial charge on any atom is -0.365 e. The third-order valence-electron chi connectivity index (χ3n) is 5.54. The average Bonchev–Trinajstić information content (AvgIpc) is 2.86. The van der Waals surface area contributed by atoms with Gasteiger partial charge >= 0.3 is 0 Å². The van der Waals surface area contributed by atoms with E-state index in [2.05, 4.69) is 19.9 Å². The van der Waals surface area contributed by atoms with Crippen molar-refractivity contribution in [3.05, 3.63) is 76.1 Å². The molecule has 0 spiro atoms. The number of allylic oxidation sites excluding steroid dienone is 2. The summed E-state index contributed by atoms with van der Waals surface area (Å²) in [7, 11) is 1.93. The van der Waals surface area contributed by atoms with Crippen LogP contribution < -0.4 is 4.90 Å². The van der Waals surface area contributed by atoms with E-state index in [0.29, 0.717) is 11.1 Å². The van der Waals surface area contributed by atoms with E-state index in [4.69, 9.17) is 0 Å². The molecule has 2 aliphatic rings. The zero-order chi connectivity index (χ0) is 19.5. The van der Waals surface area contributed by atoms with Crippen molar-refractivity contribution in [2.75, 3.05) is 11.9 Å². The van der Waals surface area contributed by atoms with Crippen LogP contribution in [-0.2, 0) is 0 Å². The topological polar surface area (TPSA) is 37.4 Å². The number of benzene rings is 2. The number of likely N-dealkylation sites (N-methyl/N-ethyl adjacent to an activating group) is 1. The molecule has 1 aliphatic heterocycles. The fraction of sp³-hybridized carbons (Fsp3) is 0.217. The molecule has 0 fully saturated rings. The fourth-order valence-electron chi connectivity index (χ4n) is 3.86. The quantitative estimate of drug-likeness (QED) is 0.534. The van der Waals surface area contributed by atoms with Crippen LogP contribution in [0.25, 0.3) is 11.6 Å². The van der Waals surface area contributed by atoms with E-state index in [0.717, 1.165) is 16.8 Å². The maximum Gasteiger partial charge on any atom is 0.197 e. The molecule has 0 aromatic heterocycles. The van der Waals surface area contributed by atoms with Gasteiger partial charge < -0.3 is 4.90 Å². The molecule has 1 aliphatic carbocycles. The van der Waals surface area contributed by atoms with Gasteiger partial charge in [-0.1, -0.05) is 30.3 Å². The number of fused-ring (bicyclic) bond motifs is 2. The maximum atomic E-state index is 14.9. The lowest BCUT2D eigenvalue weighted by molar-refractivity contribution is 0.0990. The minimum atomic E-state index is -0.449. The van der Waals surface area contributed by atoms with Crippen LogP contribution in [0.3, 0.4) is 0 Å². The molecule has 0 saturated heterocycles. The van der Waals surface area contributed by atoms with Gasteiger partial charge in [-0.25, -0.2) is 4.39 Å². The van der Waals surface area contributed by atoms with Crippen LogP contribution >= 0.6 is 0 Å². The van der Waals surface area contributed by atoms with Gasteiger partial charge in [0, 0.05) is 35.0 Å². The van der Waals surface area contributed by atoms with E-state index in [9.17, 15) is 14.0 Å². The highest BCUT2D eigenvalue weighted by atomic mass is 19.1. The predicted octanol–water partition coefficient (Wildman–Crippen LogP) is 4.92. The molecular weight excluding hydrogens is 341 g/mol. The second kappa shape index (κ2) is 5.74. The maximum absolute atomic E-state index is 14.9. The van der Waals surface area contributed by atoms with Gasteiger partial charge in [0.25, 0.3) is 0 Å². The Hall–Kier alpha value is -3.01. The third kappa shape index (κ3) is 2.55. The Morgan fingerprint density at radius 1 is 1.00 bits per heavy atom. The Bertz CT molecular complexity index is 1040. The zero-order valence-electron chi connectivity index (χ0n) is 15.8. The van der Waals surface area contributed by atoms with Crippen molar-refractivity contribution in [3.63, 3.8) is 0 Å². The van der Waals surface area contributed by atoms with Gasteiger partial charge in [0.2, 0.25) is 0 Å². The molecule has 2 aromatic carbocycles. The van der Waals surface area contributed by atoms with Crippen LogP contribution in [0.1, 0.15) is 52.6 Å². The smallest absolute Gasteiger partial charge is 0.197 e. The molecule has 2 aromatic rings. The Morgan fingerprint density at radius 3 is 2.19 bits per heavy atom. The van der Waals surface area contributed by atoms with Crippen LogP contribution in [0.2, 0.25) is 0 Å². The normalized spacial score (nSPS) is 17.6. The number of anilines is 1. The molecular formula is C23H20FNO2. The summed E-state index contributed by atoms with van der Waals surface area (Å²) in [5.74, 6) is -1.15. The summed E-state index contributed by atoms with van der Waals surface area (Å²) >= 11 is 0. The first-order chi connectivity index (χ1) is 12.7. The molecule has 0 bridgehead atoms. The van der Waals surface area contributed by atoms with Gasteiger partial charge in [-0.15, -0.1) is 0 Å². The lowest BCUT2D eigenvalue weighted by atomic mass is 9.88. The van der Waals surface area contributed by atoms with Crippen molar-refractivity contribution in [2.24, 2.45) is 0 Å². The molecule has 0 amide bonds. The highest BCUT2D eigenvalue weighted by Crippen LogP contribution is 2.39. The van der Waals surface area contributed by atoms with Crippen LogP contribution in [0, 0.1) is 5.82 Å². The summed E-state index contributed by atoms with van der Waals surface area (Å²) in [6, 6.07) is 9.90. The van der Waals surface area contributed by atoms with Crippen LogP contribution in [0.4, 0.5) is 10.1 Å². The summed E-state index contributed by atoms with van der Waals surface area (Å²) in [6.45, 7) is 6.13. The number of hydrogen-bond acceptors (Lipinski definition) is 3. The number of ketones is 2. The molecule has 0 saturated carbocycles. The minimum absolute atomic E-state index is 0.0150. The number of carbonyl (C=O) groups excluding carboxylic acids is 2. The van der Waals surface area contributed by atoms with Crippen LogP contribution in [-0.4, -0.2) is 24.2 Å². The first-order valence-corrected chi connectivity index (χ1v) is 8.88. The number of rotatable bonds is 1. The van der Waals surface area contributed by atoms with Crippen molar-refractivity contribution >= 4 is 28.9 Å². The standard InChI is InChI=1S/C23H20FNO2/c1-13-12-23(2,3)25(4)20-11-19(24)14(9-17(13)20)10-18-21(26)15-7-5-6-8-16(15)22(18)27/h5-12H,1-4H3. The average molecular weight is 361 g/mol. The van der Waals surface area contributed by atoms with E-state index < -0.39 is 5.82 Å². The lowest BCUT2D eigenvalue weighted by Crippen LogP contribution is -2.42. The van der Waals surface area contributed by atoms with Gasteiger partial charge in [0.05, 0.1) is 11.1 Å². The first-order valence-electron chi connectivity index (χ1n) is 8.88. The van der Waals surface area contributed by atoms with Crippen LogP contribution in [0.5, 0.6) is 0 Å².